The van der Waals surface area contributed by atoms with Crippen LogP contribution in [0.1, 0.15) is 20.8 Å². The van der Waals surface area contributed by atoms with Gasteiger partial charge in [0.2, 0.25) is 17.7 Å². The smallest absolute Gasteiger partial charge is 0.329 e. The summed E-state index contributed by atoms with van der Waals surface area (Å²) in [5, 5.41) is 16.5. The average Bonchev–Trinajstić information content (AvgIpc) is 2.47. The summed E-state index contributed by atoms with van der Waals surface area (Å²) in [6.07, 6.45) is 1.11. The molecule has 0 aliphatic rings. The van der Waals surface area contributed by atoms with E-state index in [9.17, 15) is 14.9 Å². The summed E-state index contributed by atoms with van der Waals surface area (Å²) in [7, 11) is 1.61. The predicted molar refractivity (Wildman–Crippen MR) is 79.2 cm³/mol. The lowest BCUT2D eigenvalue weighted by Crippen LogP contribution is -2.41. The largest absolute Gasteiger partial charge is 0.357 e. The first-order chi connectivity index (χ1) is 9.94. The van der Waals surface area contributed by atoms with Crippen molar-refractivity contribution in [1.82, 2.24) is 14.9 Å². The van der Waals surface area contributed by atoms with Gasteiger partial charge in [0.25, 0.3) is 0 Å². The van der Waals surface area contributed by atoms with Crippen LogP contribution in [0.3, 0.4) is 0 Å². The third-order valence-corrected chi connectivity index (χ3v) is 2.99. The molecule has 0 aliphatic heterocycles. The number of hydrogen-bond donors (Lipinski definition) is 2. The molecular weight excluding hydrogens is 276 g/mol. The second-order valence-corrected chi connectivity index (χ2v) is 4.31. The topological polar surface area (TPSA) is 113 Å². The molecule has 1 unspecified atom stereocenters. The molecule has 2 N–H and O–H groups in total. The zero-order chi connectivity index (χ0) is 16.0. The van der Waals surface area contributed by atoms with E-state index >= 15 is 0 Å². The first kappa shape index (κ1) is 16.6. The molecule has 0 radical (unpaired) electrons. The maximum atomic E-state index is 12.2. The molecule has 1 aromatic rings. The summed E-state index contributed by atoms with van der Waals surface area (Å²) < 4.78 is 0. The van der Waals surface area contributed by atoms with Crippen LogP contribution in [0.2, 0.25) is 0 Å². The number of carbonyl (C=O) groups excluding carboxylic acids is 1. The van der Waals surface area contributed by atoms with E-state index in [-0.39, 0.29) is 23.4 Å². The van der Waals surface area contributed by atoms with Crippen molar-refractivity contribution >= 4 is 23.4 Å². The molecule has 0 fully saturated rings. The zero-order valence-corrected chi connectivity index (χ0v) is 12.6. The summed E-state index contributed by atoms with van der Waals surface area (Å²) in [4.78, 5) is 32.0. The van der Waals surface area contributed by atoms with E-state index in [2.05, 4.69) is 20.6 Å². The Morgan fingerprint density at radius 2 is 2.10 bits per heavy atom. The fourth-order valence-electron chi connectivity index (χ4n) is 1.81. The van der Waals surface area contributed by atoms with Gasteiger partial charge in [0, 0.05) is 20.1 Å². The summed E-state index contributed by atoms with van der Waals surface area (Å²) in [5.74, 6) is 0.122. The normalized spacial score (nSPS) is 11.6. The molecule has 0 aromatic carbocycles. The van der Waals surface area contributed by atoms with Gasteiger partial charge in [0.15, 0.2) is 0 Å². The van der Waals surface area contributed by atoms with Gasteiger partial charge in [-0.2, -0.15) is 4.98 Å². The Labute approximate surface area is 122 Å². The molecule has 1 atom stereocenters. The maximum absolute atomic E-state index is 12.2. The molecule has 0 bridgehead atoms. The van der Waals surface area contributed by atoms with Crippen LogP contribution in [-0.4, -0.2) is 51.9 Å². The van der Waals surface area contributed by atoms with Crippen LogP contribution >= 0.6 is 0 Å². The molecular formula is C12H20N6O3. The Hall–Kier alpha value is -2.45. The van der Waals surface area contributed by atoms with Gasteiger partial charge in [-0.15, -0.1) is 0 Å². The fourth-order valence-corrected chi connectivity index (χ4v) is 1.81. The van der Waals surface area contributed by atoms with Crippen LogP contribution < -0.4 is 10.6 Å². The van der Waals surface area contributed by atoms with Gasteiger partial charge in [-0.3, -0.25) is 14.9 Å². The minimum Gasteiger partial charge on any atom is -0.357 e. The first-order valence-corrected chi connectivity index (χ1v) is 6.69. The minimum atomic E-state index is -0.622. The Morgan fingerprint density at radius 3 is 2.57 bits per heavy atom. The molecule has 1 rings (SSSR count). The van der Waals surface area contributed by atoms with Gasteiger partial charge in [-0.1, -0.05) is 0 Å². The second-order valence-electron chi connectivity index (χ2n) is 4.31. The molecule has 21 heavy (non-hydrogen) atoms. The number of amides is 1. The van der Waals surface area contributed by atoms with Crippen LogP contribution in [0.15, 0.2) is 6.20 Å². The van der Waals surface area contributed by atoms with Crippen molar-refractivity contribution in [3.05, 3.63) is 16.3 Å². The quantitative estimate of drug-likeness (QED) is 0.572. The van der Waals surface area contributed by atoms with Gasteiger partial charge in [0.05, 0.1) is 4.92 Å². The van der Waals surface area contributed by atoms with Gasteiger partial charge < -0.3 is 15.5 Å². The Kier molecular flexibility index (Phi) is 5.82. The number of nitrogens with one attached hydrogen (secondary N) is 2. The van der Waals surface area contributed by atoms with E-state index in [1.54, 1.807) is 18.9 Å². The van der Waals surface area contributed by atoms with Crippen molar-refractivity contribution in [2.24, 2.45) is 0 Å². The van der Waals surface area contributed by atoms with Crippen molar-refractivity contribution < 1.29 is 9.72 Å². The lowest BCUT2D eigenvalue weighted by Gasteiger charge is -2.23. The van der Waals surface area contributed by atoms with Crippen LogP contribution in [0, 0.1) is 10.1 Å². The molecule has 0 saturated heterocycles. The van der Waals surface area contributed by atoms with Gasteiger partial charge >= 0.3 is 5.69 Å². The van der Waals surface area contributed by atoms with Crippen molar-refractivity contribution in [2.75, 3.05) is 30.8 Å². The summed E-state index contributed by atoms with van der Waals surface area (Å²) >= 11 is 0. The molecule has 9 heteroatoms. The Balaban J connectivity index is 3.00. The third kappa shape index (κ3) is 4.01. The highest BCUT2D eigenvalue weighted by atomic mass is 16.6. The van der Waals surface area contributed by atoms with E-state index in [1.807, 2.05) is 13.8 Å². The molecule has 9 nitrogen and oxygen atoms in total. The predicted octanol–water partition coefficient (Wildman–Crippen LogP) is 1.10. The van der Waals surface area contributed by atoms with Crippen LogP contribution in [-0.2, 0) is 4.79 Å². The molecule has 116 valence electrons. The highest BCUT2D eigenvalue weighted by Crippen LogP contribution is 2.22. The van der Waals surface area contributed by atoms with E-state index in [0.29, 0.717) is 13.1 Å². The highest BCUT2D eigenvalue weighted by molar-refractivity contribution is 5.84. The SMILES string of the molecule is CCN(CC)C(=O)C(C)Nc1nc(NC)ncc1[N+](=O)[O-]. The Bertz CT molecular complexity index is 518. The summed E-state index contributed by atoms with van der Waals surface area (Å²) in [6, 6.07) is -0.622. The number of aromatic nitrogens is 2. The lowest BCUT2D eigenvalue weighted by atomic mass is 10.2. The van der Waals surface area contributed by atoms with Gasteiger partial charge in [0.1, 0.15) is 12.2 Å². The number of anilines is 2. The lowest BCUT2D eigenvalue weighted by molar-refractivity contribution is -0.384. The average molecular weight is 296 g/mol. The molecule has 1 amide bonds. The van der Waals surface area contributed by atoms with Crippen molar-refractivity contribution in [2.45, 2.75) is 26.8 Å². The number of hydrogen-bond acceptors (Lipinski definition) is 7. The van der Waals surface area contributed by atoms with Crippen molar-refractivity contribution in [3.8, 4) is 0 Å². The zero-order valence-electron chi connectivity index (χ0n) is 12.6. The number of likely N-dealkylation sites (N-methyl/N-ethyl adjacent to an activating group) is 1. The minimum absolute atomic E-state index is 0.0207. The third-order valence-electron chi connectivity index (χ3n) is 2.99. The van der Waals surface area contributed by atoms with Crippen LogP contribution in [0.5, 0.6) is 0 Å². The molecule has 0 spiro atoms. The summed E-state index contributed by atoms with van der Waals surface area (Å²) in [5.41, 5.74) is -0.270. The monoisotopic (exact) mass is 296 g/mol. The van der Waals surface area contributed by atoms with E-state index in [4.69, 9.17) is 0 Å². The van der Waals surface area contributed by atoms with E-state index in [1.165, 1.54) is 0 Å². The van der Waals surface area contributed by atoms with Crippen LogP contribution in [0.4, 0.5) is 17.5 Å². The molecule has 1 heterocycles. The number of nitrogens with zero attached hydrogens (tertiary/aromatic N) is 4. The summed E-state index contributed by atoms with van der Waals surface area (Å²) in [6.45, 7) is 6.55. The van der Waals surface area contributed by atoms with Gasteiger partial charge in [-0.25, -0.2) is 4.98 Å². The molecule has 1 aromatic heterocycles. The number of nitro groups is 1. The van der Waals surface area contributed by atoms with Crippen LogP contribution in [0.25, 0.3) is 0 Å². The van der Waals surface area contributed by atoms with Crippen molar-refractivity contribution in [3.63, 3.8) is 0 Å². The first-order valence-electron chi connectivity index (χ1n) is 6.69. The molecule has 0 saturated carbocycles. The van der Waals surface area contributed by atoms with E-state index in [0.717, 1.165) is 6.20 Å². The number of carbonyl (C=O) groups is 1. The standard InChI is InChI=1S/C12H20N6O3/c1-5-17(6-2)11(19)8(3)15-10-9(18(20)21)7-14-12(13-4)16-10/h7-8H,5-6H2,1-4H3,(H2,13,14,15,16). The fraction of sp³-hybridized carbons (Fsp3) is 0.583. The number of rotatable bonds is 7. The van der Waals surface area contributed by atoms with E-state index < -0.39 is 11.0 Å². The van der Waals surface area contributed by atoms with Gasteiger partial charge in [-0.05, 0) is 20.8 Å². The second kappa shape index (κ2) is 7.36. The van der Waals surface area contributed by atoms with Crippen molar-refractivity contribution in [1.29, 1.82) is 0 Å². The molecule has 0 aliphatic carbocycles. The Morgan fingerprint density at radius 1 is 1.48 bits per heavy atom. The maximum Gasteiger partial charge on any atom is 0.329 e. The highest BCUT2D eigenvalue weighted by Gasteiger charge is 2.23.